The Morgan fingerprint density at radius 3 is 2.95 bits per heavy atom. The summed E-state index contributed by atoms with van der Waals surface area (Å²) >= 11 is 0. The molecule has 19 heavy (non-hydrogen) atoms. The van der Waals surface area contributed by atoms with Crippen LogP contribution in [-0.2, 0) is 11.2 Å². The van der Waals surface area contributed by atoms with E-state index in [0.29, 0.717) is 12.0 Å². The highest BCUT2D eigenvalue weighted by molar-refractivity contribution is 5.03. The second-order valence-electron chi connectivity index (χ2n) is 5.56. The quantitative estimate of drug-likeness (QED) is 0.857. The highest BCUT2D eigenvalue weighted by Gasteiger charge is 2.29. The van der Waals surface area contributed by atoms with Crippen molar-refractivity contribution in [1.29, 1.82) is 0 Å². The molecule has 2 rings (SSSR count). The van der Waals surface area contributed by atoms with Crippen molar-refractivity contribution in [2.45, 2.75) is 45.1 Å². The first-order chi connectivity index (χ1) is 9.33. The largest absolute Gasteiger partial charge is 0.377 e. The summed E-state index contributed by atoms with van der Waals surface area (Å²) in [6.45, 7) is 3.79. The van der Waals surface area contributed by atoms with Crippen LogP contribution in [0.5, 0.6) is 0 Å². The molecule has 3 unspecified atom stereocenters. The van der Waals surface area contributed by atoms with Crippen molar-refractivity contribution in [2.75, 3.05) is 13.2 Å². The number of pyridine rings is 1. The molecule has 0 aliphatic heterocycles. The lowest BCUT2D eigenvalue weighted by atomic mass is 9.78. The fourth-order valence-electron chi connectivity index (χ4n) is 2.98. The maximum Gasteiger partial charge on any atom is 0.0618 e. The molecular weight excluding hydrogens is 236 g/mol. The maximum atomic E-state index is 6.10. The Hall–Kier alpha value is -0.930. The van der Waals surface area contributed by atoms with Crippen LogP contribution in [0.15, 0.2) is 24.4 Å². The van der Waals surface area contributed by atoms with Crippen molar-refractivity contribution in [3.63, 3.8) is 0 Å². The Bertz CT molecular complexity index is 355. The summed E-state index contributed by atoms with van der Waals surface area (Å²) < 4.78 is 6.10. The smallest absolute Gasteiger partial charge is 0.0618 e. The molecule has 106 valence electrons. The van der Waals surface area contributed by atoms with Gasteiger partial charge < -0.3 is 10.5 Å². The number of aromatic nitrogens is 1. The zero-order chi connectivity index (χ0) is 13.5. The summed E-state index contributed by atoms with van der Waals surface area (Å²) in [7, 11) is 0. The van der Waals surface area contributed by atoms with Gasteiger partial charge in [-0.2, -0.15) is 0 Å². The van der Waals surface area contributed by atoms with E-state index in [4.69, 9.17) is 10.5 Å². The van der Waals surface area contributed by atoms with E-state index in [1.807, 2.05) is 18.3 Å². The molecule has 1 aliphatic rings. The van der Waals surface area contributed by atoms with Gasteiger partial charge in [0.15, 0.2) is 0 Å². The lowest BCUT2D eigenvalue weighted by Gasteiger charge is -2.35. The van der Waals surface area contributed by atoms with E-state index in [2.05, 4.69) is 18.0 Å². The van der Waals surface area contributed by atoms with Crippen LogP contribution >= 0.6 is 0 Å². The van der Waals surface area contributed by atoms with Gasteiger partial charge in [-0.3, -0.25) is 4.98 Å². The second-order valence-corrected chi connectivity index (χ2v) is 5.56. The van der Waals surface area contributed by atoms with Gasteiger partial charge in [0, 0.05) is 18.3 Å². The number of hydrogen-bond acceptors (Lipinski definition) is 3. The molecular formula is C16H26N2O. The third-order valence-electron chi connectivity index (χ3n) is 4.33. The Morgan fingerprint density at radius 2 is 2.26 bits per heavy atom. The third-order valence-corrected chi connectivity index (χ3v) is 4.33. The van der Waals surface area contributed by atoms with Crippen molar-refractivity contribution >= 4 is 0 Å². The SMILES string of the molecule is CCC1CCC(CN)C(OCCc2ccccn2)C1. The molecule has 0 radical (unpaired) electrons. The molecule has 1 fully saturated rings. The van der Waals surface area contributed by atoms with Crippen molar-refractivity contribution in [2.24, 2.45) is 17.6 Å². The Labute approximate surface area is 116 Å². The second kappa shape index (κ2) is 7.61. The monoisotopic (exact) mass is 262 g/mol. The highest BCUT2D eigenvalue weighted by atomic mass is 16.5. The van der Waals surface area contributed by atoms with Crippen molar-refractivity contribution in [1.82, 2.24) is 4.98 Å². The van der Waals surface area contributed by atoms with Crippen LogP contribution in [0, 0.1) is 11.8 Å². The maximum absolute atomic E-state index is 6.10. The molecule has 1 heterocycles. The first-order valence-corrected chi connectivity index (χ1v) is 7.55. The van der Waals surface area contributed by atoms with Crippen LogP contribution in [0.3, 0.4) is 0 Å². The topological polar surface area (TPSA) is 48.1 Å². The molecule has 3 heteroatoms. The minimum absolute atomic E-state index is 0.354. The summed E-state index contributed by atoms with van der Waals surface area (Å²) in [5.41, 5.74) is 6.98. The average Bonchev–Trinajstić information content (AvgIpc) is 2.48. The summed E-state index contributed by atoms with van der Waals surface area (Å²) in [4.78, 5) is 4.33. The number of nitrogens with two attached hydrogens (primary N) is 1. The average molecular weight is 262 g/mol. The van der Waals surface area contributed by atoms with Crippen LogP contribution in [0.2, 0.25) is 0 Å². The molecule has 1 aromatic rings. The van der Waals surface area contributed by atoms with Crippen LogP contribution in [0.4, 0.5) is 0 Å². The van der Waals surface area contributed by atoms with Crippen LogP contribution in [-0.4, -0.2) is 24.2 Å². The van der Waals surface area contributed by atoms with Crippen LogP contribution in [0.25, 0.3) is 0 Å². The van der Waals surface area contributed by atoms with Gasteiger partial charge in [0.2, 0.25) is 0 Å². The summed E-state index contributed by atoms with van der Waals surface area (Å²) in [6, 6.07) is 6.03. The van der Waals surface area contributed by atoms with E-state index in [0.717, 1.165) is 31.2 Å². The fraction of sp³-hybridized carbons (Fsp3) is 0.688. The summed E-state index contributed by atoms with van der Waals surface area (Å²) in [6.07, 6.45) is 8.07. The van der Waals surface area contributed by atoms with Gasteiger partial charge in [0.1, 0.15) is 0 Å². The van der Waals surface area contributed by atoms with Gasteiger partial charge in [0.25, 0.3) is 0 Å². The predicted octanol–water partition coefficient (Wildman–Crippen LogP) is 2.79. The molecule has 0 bridgehead atoms. The number of rotatable bonds is 6. The third kappa shape index (κ3) is 4.29. The molecule has 0 amide bonds. The molecule has 1 aromatic heterocycles. The Balaban J connectivity index is 1.79. The molecule has 0 saturated heterocycles. The van der Waals surface area contributed by atoms with Crippen molar-refractivity contribution in [3.05, 3.63) is 30.1 Å². The van der Waals surface area contributed by atoms with Gasteiger partial charge in [-0.1, -0.05) is 19.4 Å². The van der Waals surface area contributed by atoms with E-state index in [9.17, 15) is 0 Å². The van der Waals surface area contributed by atoms with E-state index < -0.39 is 0 Å². The molecule has 2 N–H and O–H groups in total. The fourth-order valence-corrected chi connectivity index (χ4v) is 2.98. The van der Waals surface area contributed by atoms with Crippen molar-refractivity contribution in [3.8, 4) is 0 Å². The Kier molecular flexibility index (Phi) is 5.80. The molecule has 0 spiro atoms. The molecule has 3 nitrogen and oxygen atoms in total. The summed E-state index contributed by atoms with van der Waals surface area (Å²) in [5.74, 6) is 1.37. The minimum atomic E-state index is 0.354. The lowest BCUT2D eigenvalue weighted by molar-refractivity contribution is -0.0225. The Morgan fingerprint density at radius 1 is 1.37 bits per heavy atom. The van der Waals surface area contributed by atoms with Gasteiger partial charge in [-0.05, 0) is 49.8 Å². The normalized spacial score (nSPS) is 27.4. The molecule has 0 aromatic carbocycles. The molecule has 1 saturated carbocycles. The number of hydrogen-bond donors (Lipinski definition) is 1. The first-order valence-electron chi connectivity index (χ1n) is 7.55. The molecule has 1 aliphatic carbocycles. The van der Waals surface area contributed by atoms with Gasteiger partial charge >= 0.3 is 0 Å². The lowest BCUT2D eigenvalue weighted by Crippen LogP contribution is -2.36. The van der Waals surface area contributed by atoms with Gasteiger partial charge in [-0.25, -0.2) is 0 Å². The van der Waals surface area contributed by atoms with Crippen LogP contribution in [0.1, 0.15) is 38.3 Å². The zero-order valence-corrected chi connectivity index (χ0v) is 11.9. The van der Waals surface area contributed by atoms with Crippen molar-refractivity contribution < 1.29 is 4.74 Å². The minimum Gasteiger partial charge on any atom is -0.377 e. The van der Waals surface area contributed by atoms with E-state index in [1.54, 1.807) is 0 Å². The number of ether oxygens (including phenoxy) is 1. The summed E-state index contributed by atoms with van der Waals surface area (Å²) in [5, 5.41) is 0. The van der Waals surface area contributed by atoms with Gasteiger partial charge in [0.05, 0.1) is 12.7 Å². The van der Waals surface area contributed by atoms with E-state index in [-0.39, 0.29) is 0 Å². The number of nitrogens with zero attached hydrogens (tertiary/aromatic N) is 1. The van der Waals surface area contributed by atoms with E-state index in [1.165, 1.54) is 25.7 Å². The molecule has 3 atom stereocenters. The zero-order valence-electron chi connectivity index (χ0n) is 11.9. The van der Waals surface area contributed by atoms with Crippen LogP contribution < -0.4 is 5.73 Å². The predicted molar refractivity (Wildman–Crippen MR) is 77.9 cm³/mol. The standard InChI is InChI=1S/C16H26N2O/c1-2-13-6-7-14(12-17)16(11-13)19-10-8-15-5-3-4-9-18-15/h3-5,9,13-14,16H,2,6-8,10-12,17H2,1H3. The highest BCUT2D eigenvalue weighted by Crippen LogP contribution is 2.32. The first kappa shape index (κ1) is 14.5. The van der Waals surface area contributed by atoms with Gasteiger partial charge in [-0.15, -0.1) is 0 Å². The van der Waals surface area contributed by atoms with E-state index >= 15 is 0 Å².